The molecule has 0 aromatic rings. The van der Waals surface area contributed by atoms with Crippen molar-refractivity contribution in [2.24, 2.45) is 11.8 Å². The van der Waals surface area contributed by atoms with Crippen molar-refractivity contribution in [1.29, 1.82) is 0 Å². The third-order valence-corrected chi connectivity index (χ3v) is 4.54. The number of methoxy groups -OCH3 is 1. The number of hydrogen-bond acceptors (Lipinski definition) is 6. The second-order valence-electron chi connectivity index (χ2n) is 6.26. The van der Waals surface area contributed by atoms with Gasteiger partial charge in [-0.15, -0.1) is 0 Å². The minimum atomic E-state index is -0.527. The van der Waals surface area contributed by atoms with Crippen LogP contribution in [0.3, 0.4) is 0 Å². The Bertz CT molecular complexity index is 383. The van der Waals surface area contributed by atoms with Gasteiger partial charge >= 0.3 is 11.9 Å². The van der Waals surface area contributed by atoms with Gasteiger partial charge in [-0.05, 0) is 25.7 Å². The maximum absolute atomic E-state index is 11.3. The van der Waals surface area contributed by atoms with Gasteiger partial charge in [0.05, 0.1) is 13.2 Å². The highest BCUT2D eigenvalue weighted by Crippen LogP contribution is 2.33. The van der Waals surface area contributed by atoms with Crippen LogP contribution in [0.2, 0.25) is 0 Å². The van der Waals surface area contributed by atoms with Crippen molar-refractivity contribution in [3.63, 3.8) is 0 Å². The summed E-state index contributed by atoms with van der Waals surface area (Å²) < 4.78 is 21.7. The molecule has 134 valence electrons. The van der Waals surface area contributed by atoms with E-state index in [1.54, 1.807) is 0 Å². The summed E-state index contributed by atoms with van der Waals surface area (Å²) in [7, 11) is 1.39. The third kappa shape index (κ3) is 6.47. The topological polar surface area (TPSA) is 71.1 Å². The van der Waals surface area contributed by atoms with Crippen molar-refractivity contribution in [3.05, 3.63) is 0 Å². The van der Waals surface area contributed by atoms with E-state index in [0.717, 1.165) is 19.3 Å². The molecule has 23 heavy (non-hydrogen) atoms. The number of carbonyl (C=O) groups excluding carboxylic acids is 2. The lowest BCUT2D eigenvalue weighted by atomic mass is 9.84. The average molecular weight is 330 g/mol. The normalized spacial score (nSPS) is 30.7. The number of carbonyl (C=O) groups is 2. The largest absolute Gasteiger partial charge is 0.469 e. The zero-order chi connectivity index (χ0) is 17.4. The molecule has 6 heteroatoms. The van der Waals surface area contributed by atoms with Gasteiger partial charge in [0.1, 0.15) is 0 Å². The van der Waals surface area contributed by atoms with Gasteiger partial charge in [0, 0.05) is 25.9 Å². The summed E-state index contributed by atoms with van der Waals surface area (Å²) in [5.41, 5.74) is 0. The van der Waals surface area contributed by atoms with E-state index in [1.165, 1.54) is 14.0 Å². The maximum Gasteiger partial charge on any atom is 0.305 e. The van der Waals surface area contributed by atoms with Crippen molar-refractivity contribution in [2.45, 2.75) is 71.9 Å². The van der Waals surface area contributed by atoms with Crippen LogP contribution in [0.15, 0.2) is 0 Å². The molecule has 0 N–H and O–H groups in total. The molecule has 0 radical (unpaired) electrons. The van der Waals surface area contributed by atoms with E-state index in [1.807, 2.05) is 6.92 Å². The van der Waals surface area contributed by atoms with Crippen LogP contribution in [0.1, 0.15) is 53.4 Å². The number of rotatable bonds is 8. The van der Waals surface area contributed by atoms with Gasteiger partial charge in [0.15, 0.2) is 12.4 Å². The Balaban J connectivity index is 2.39. The summed E-state index contributed by atoms with van der Waals surface area (Å²) in [4.78, 5) is 22.3. The summed E-state index contributed by atoms with van der Waals surface area (Å²) in [5.74, 6) is -0.0433. The van der Waals surface area contributed by atoms with Crippen LogP contribution >= 0.6 is 0 Å². The Morgan fingerprint density at radius 3 is 2.35 bits per heavy atom. The highest BCUT2D eigenvalue weighted by Gasteiger charge is 2.42. The van der Waals surface area contributed by atoms with E-state index < -0.39 is 6.29 Å². The summed E-state index contributed by atoms with van der Waals surface area (Å²) in [6, 6.07) is 0. The quantitative estimate of drug-likeness (QED) is 0.503. The summed E-state index contributed by atoms with van der Waals surface area (Å²) in [6.07, 6.45) is 2.05. The van der Waals surface area contributed by atoms with Crippen molar-refractivity contribution in [3.8, 4) is 0 Å². The number of ether oxygens (including phenoxy) is 4. The Labute approximate surface area is 138 Å². The molecule has 1 fully saturated rings. The van der Waals surface area contributed by atoms with Crippen LogP contribution in [0.5, 0.6) is 0 Å². The van der Waals surface area contributed by atoms with Gasteiger partial charge in [-0.2, -0.15) is 0 Å². The highest BCUT2D eigenvalue weighted by atomic mass is 16.7. The monoisotopic (exact) mass is 330 g/mol. The van der Waals surface area contributed by atoms with E-state index in [-0.39, 0.29) is 30.1 Å². The SMILES string of the molecule is COC(=O)CCCCCO[C@@H]1OC(C)[C@H](C)[C@H](C)C1OC(C)=O. The predicted molar refractivity (Wildman–Crippen MR) is 84.7 cm³/mol. The summed E-state index contributed by atoms with van der Waals surface area (Å²) in [5, 5.41) is 0. The Morgan fingerprint density at radius 2 is 1.74 bits per heavy atom. The van der Waals surface area contributed by atoms with Crippen LogP contribution in [-0.4, -0.2) is 44.2 Å². The molecule has 1 heterocycles. The van der Waals surface area contributed by atoms with Crippen LogP contribution < -0.4 is 0 Å². The first-order valence-electron chi connectivity index (χ1n) is 8.38. The van der Waals surface area contributed by atoms with Gasteiger partial charge in [0.2, 0.25) is 0 Å². The zero-order valence-corrected chi connectivity index (χ0v) is 14.9. The minimum absolute atomic E-state index is 0.0566. The Kier molecular flexibility index (Phi) is 8.55. The van der Waals surface area contributed by atoms with Crippen LogP contribution in [-0.2, 0) is 28.5 Å². The molecular weight excluding hydrogens is 300 g/mol. The minimum Gasteiger partial charge on any atom is -0.469 e. The zero-order valence-electron chi connectivity index (χ0n) is 14.9. The fourth-order valence-electron chi connectivity index (χ4n) is 2.73. The molecule has 6 nitrogen and oxygen atoms in total. The highest BCUT2D eigenvalue weighted by molar-refractivity contribution is 5.69. The lowest BCUT2D eigenvalue weighted by molar-refractivity contribution is -0.271. The standard InChI is InChI=1S/C17H30O6/c1-11-12(2)16(23-14(4)18)17(22-13(11)3)21-10-8-6-7-9-15(19)20-5/h11-13,16-17H,6-10H2,1-5H3/t11-,12+,13?,16?,17-/m1/s1. The van der Waals surface area contributed by atoms with E-state index in [2.05, 4.69) is 18.6 Å². The lowest BCUT2D eigenvalue weighted by Gasteiger charge is -2.42. The van der Waals surface area contributed by atoms with Crippen LogP contribution in [0.25, 0.3) is 0 Å². The van der Waals surface area contributed by atoms with Gasteiger partial charge in [0.25, 0.3) is 0 Å². The fourth-order valence-corrected chi connectivity index (χ4v) is 2.73. The number of hydrogen-bond donors (Lipinski definition) is 0. The third-order valence-electron chi connectivity index (χ3n) is 4.54. The average Bonchev–Trinajstić information content (AvgIpc) is 2.51. The smallest absolute Gasteiger partial charge is 0.305 e. The van der Waals surface area contributed by atoms with Crippen LogP contribution in [0.4, 0.5) is 0 Å². The number of esters is 2. The fraction of sp³-hybridized carbons (Fsp3) is 0.882. The molecule has 0 spiro atoms. The molecule has 5 atom stereocenters. The molecule has 1 rings (SSSR count). The second-order valence-corrected chi connectivity index (χ2v) is 6.26. The van der Waals surface area contributed by atoms with Crippen molar-refractivity contribution in [1.82, 2.24) is 0 Å². The maximum atomic E-state index is 11.3. The van der Waals surface area contributed by atoms with Crippen molar-refractivity contribution < 1.29 is 28.5 Å². The Hall–Kier alpha value is -1.14. The molecule has 0 aromatic heterocycles. The first-order chi connectivity index (χ1) is 10.9. The van der Waals surface area contributed by atoms with E-state index in [0.29, 0.717) is 18.9 Å². The second kappa shape index (κ2) is 9.88. The van der Waals surface area contributed by atoms with Gasteiger partial charge in [-0.3, -0.25) is 9.59 Å². The molecule has 1 aliphatic rings. The molecule has 1 aliphatic heterocycles. The summed E-state index contributed by atoms with van der Waals surface area (Å²) in [6.45, 7) is 8.08. The first kappa shape index (κ1) is 19.9. The van der Waals surface area contributed by atoms with Gasteiger partial charge < -0.3 is 18.9 Å². The molecule has 2 unspecified atom stereocenters. The number of unbranched alkanes of at least 4 members (excludes halogenated alkanes) is 2. The molecule has 0 aromatic carbocycles. The predicted octanol–water partition coefficient (Wildman–Crippen LogP) is 2.69. The molecule has 0 bridgehead atoms. The van der Waals surface area contributed by atoms with Crippen molar-refractivity contribution in [2.75, 3.05) is 13.7 Å². The first-order valence-corrected chi connectivity index (χ1v) is 8.38. The summed E-state index contributed by atoms with van der Waals surface area (Å²) >= 11 is 0. The Morgan fingerprint density at radius 1 is 1.04 bits per heavy atom. The molecule has 1 saturated heterocycles. The van der Waals surface area contributed by atoms with Gasteiger partial charge in [-0.1, -0.05) is 20.3 Å². The van der Waals surface area contributed by atoms with E-state index >= 15 is 0 Å². The molecule has 0 amide bonds. The van der Waals surface area contributed by atoms with Gasteiger partial charge in [-0.25, -0.2) is 0 Å². The lowest BCUT2D eigenvalue weighted by Crippen LogP contribution is -2.51. The molecule has 0 aliphatic carbocycles. The van der Waals surface area contributed by atoms with Crippen LogP contribution in [0, 0.1) is 11.8 Å². The van der Waals surface area contributed by atoms with E-state index in [9.17, 15) is 9.59 Å². The molecular formula is C17H30O6. The molecule has 0 saturated carbocycles. The van der Waals surface area contributed by atoms with Crippen molar-refractivity contribution >= 4 is 11.9 Å². The van der Waals surface area contributed by atoms with E-state index in [4.69, 9.17) is 14.2 Å².